The lowest BCUT2D eigenvalue weighted by atomic mass is 10.1. The lowest BCUT2D eigenvalue weighted by Gasteiger charge is -2.03. The fraction of sp³-hybridized carbons (Fsp3) is 0.0526. The van der Waals surface area contributed by atoms with E-state index in [1.54, 1.807) is 6.20 Å². The van der Waals surface area contributed by atoms with E-state index in [4.69, 9.17) is 11.6 Å². The third-order valence-electron chi connectivity index (χ3n) is 4.09. The first-order chi connectivity index (χ1) is 13.0. The van der Waals surface area contributed by atoms with Crippen molar-refractivity contribution in [2.24, 2.45) is 0 Å². The predicted molar refractivity (Wildman–Crippen MR) is 103 cm³/mol. The lowest BCUT2D eigenvalue weighted by Crippen LogP contribution is -2.19. The van der Waals surface area contributed by atoms with Crippen molar-refractivity contribution in [1.29, 1.82) is 0 Å². The van der Waals surface area contributed by atoms with E-state index < -0.39 is 17.7 Å². The van der Waals surface area contributed by atoms with Crippen molar-refractivity contribution >= 4 is 45.8 Å². The van der Waals surface area contributed by atoms with Gasteiger partial charge in [-0.2, -0.15) is 0 Å². The zero-order valence-corrected chi connectivity index (χ0v) is 15.4. The molecule has 1 aliphatic rings. The molecule has 0 fully saturated rings. The van der Waals surface area contributed by atoms with Gasteiger partial charge in [0.25, 0.3) is 17.7 Å². The topological polar surface area (TPSA) is 88.2 Å². The molecule has 1 aliphatic heterocycles. The van der Waals surface area contributed by atoms with Crippen molar-refractivity contribution in [2.45, 2.75) is 6.42 Å². The van der Waals surface area contributed by atoms with Crippen LogP contribution in [-0.2, 0) is 6.42 Å². The van der Waals surface area contributed by atoms with Gasteiger partial charge in [-0.3, -0.25) is 25.0 Å². The first kappa shape index (κ1) is 17.4. The van der Waals surface area contributed by atoms with E-state index in [0.29, 0.717) is 16.6 Å². The zero-order chi connectivity index (χ0) is 19.0. The monoisotopic (exact) mass is 397 g/mol. The van der Waals surface area contributed by atoms with Crippen LogP contribution in [-0.4, -0.2) is 22.7 Å². The van der Waals surface area contributed by atoms with Crippen LogP contribution < -0.4 is 10.6 Å². The maximum absolute atomic E-state index is 12.4. The van der Waals surface area contributed by atoms with Crippen molar-refractivity contribution in [1.82, 2.24) is 10.3 Å². The van der Waals surface area contributed by atoms with Crippen LogP contribution in [0.3, 0.4) is 0 Å². The van der Waals surface area contributed by atoms with E-state index in [1.165, 1.54) is 29.5 Å². The number of nitrogens with zero attached hydrogens (tertiary/aromatic N) is 1. The Kier molecular flexibility index (Phi) is 4.47. The number of nitrogens with one attached hydrogen (secondary N) is 2. The van der Waals surface area contributed by atoms with Gasteiger partial charge in [-0.1, -0.05) is 29.8 Å². The number of imide groups is 1. The summed E-state index contributed by atoms with van der Waals surface area (Å²) in [4.78, 5) is 40.9. The van der Waals surface area contributed by atoms with E-state index in [1.807, 2.05) is 24.3 Å². The smallest absolute Gasteiger partial charge is 0.258 e. The predicted octanol–water partition coefficient (Wildman–Crippen LogP) is 3.52. The largest absolute Gasteiger partial charge is 0.298 e. The molecule has 4 rings (SSSR count). The Balaban J connectivity index is 1.49. The maximum atomic E-state index is 12.4. The van der Waals surface area contributed by atoms with Crippen LogP contribution in [0.1, 0.15) is 41.5 Å². The van der Waals surface area contributed by atoms with Crippen LogP contribution in [0.25, 0.3) is 0 Å². The number of amides is 3. The van der Waals surface area contributed by atoms with Crippen LogP contribution in [0.4, 0.5) is 5.13 Å². The maximum Gasteiger partial charge on any atom is 0.258 e. The van der Waals surface area contributed by atoms with Crippen LogP contribution in [0, 0.1) is 0 Å². The van der Waals surface area contributed by atoms with E-state index in [-0.39, 0.29) is 16.7 Å². The van der Waals surface area contributed by atoms with E-state index in [9.17, 15) is 14.4 Å². The number of carbonyl (C=O) groups is 3. The van der Waals surface area contributed by atoms with Gasteiger partial charge in [-0.25, -0.2) is 4.98 Å². The third kappa shape index (κ3) is 3.47. The molecule has 0 aliphatic carbocycles. The van der Waals surface area contributed by atoms with E-state index >= 15 is 0 Å². The molecule has 0 spiro atoms. The minimum atomic E-state index is -0.499. The Morgan fingerprint density at radius 3 is 2.70 bits per heavy atom. The van der Waals surface area contributed by atoms with Crippen molar-refractivity contribution in [3.63, 3.8) is 0 Å². The molecule has 2 aromatic carbocycles. The summed E-state index contributed by atoms with van der Waals surface area (Å²) < 4.78 is 0. The van der Waals surface area contributed by atoms with Crippen LogP contribution in [0.5, 0.6) is 0 Å². The number of anilines is 1. The summed E-state index contributed by atoms with van der Waals surface area (Å²) >= 11 is 7.52. The van der Waals surface area contributed by atoms with Crippen molar-refractivity contribution in [3.8, 4) is 0 Å². The molecule has 0 unspecified atom stereocenters. The summed E-state index contributed by atoms with van der Waals surface area (Å²) in [6.07, 6.45) is 2.31. The summed E-state index contributed by atoms with van der Waals surface area (Å²) in [7, 11) is 0. The molecule has 0 bridgehead atoms. The molecule has 0 atom stereocenters. The summed E-state index contributed by atoms with van der Waals surface area (Å²) in [5.74, 6) is -1.35. The Hall–Kier alpha value is -3.03. The molecule has 1 aromatic heterocycles. The Labute approximate surface area is 163 Å². The molecule has 2 N–H and O–H groups in total. The molecule has 2 heterocycles. The average Bonchev–Trinajstić information content (AvgIpc) is 3.21. The fourth-order valence-electron chi connectivity index (χ4n) is 2.75. The molecular formula is C19H12ClN3O3S. The number of rotatable bonds is 4. The van der Waals surface area contributed by atoms with Crippen LogP contribution in [0.2, 0.25) is 5.02 Å². The van der Waals surface area contributed by atoms with Gasteiger partial charge in [0.15, 0.2) is 5.13 Å². The standard InChI is InChI=1S/C19H12ClN3O3S/c20-15-4-2-1-3-10(15)7-12-9-21-19(27-12)23-16(24)11-5-6-13-14(8-11)18(26)22-17(13)25/h1-6,8-9H,7H2,(H,21,23,24)(H,22,25,26). The van der Waals surface area contributed by atoms with Crippen LogP contribution in [0.15, 0.2) is 48.7 Å². The minimum absolute atomic E-state index is 0.200. The second kappa shape index (κ2) is 6.94. The van der Waals surface area contributed by atoms with Crippen molar-refractivity contribution in [3.05, 3.63) is 80.8 Å². The van der Waals surface area contributed by atoms with Gasteiger partial charge in [-0.15, -0.1) is 11.3 Å². The highest BCUT2D eigenvalue weighted by Crippen LogP contribution is 2.25. The van der Waals surface area contributed by atoms with Crippen LogP contribution >= 0.6 is 22.9 Å². The SMILES string of the molecule is O=C(Nc1ncc(Cc2ccccc2Cl)s1)c1ccc2c(c1)C(=O)NC2=O. The van der Waals surface area contributed by atoms with Gasteiger partial charge in [0, 0.05) is 28.1 Å². The molecule has 27 heavy (non-hydrogen) atoms. The van der Waals surface area contributed by atoms with E-state index in [0.717, 1.165) is 10.4 Å². The summed E-state index contributed by atoms with van der Waals surface area (Å²) in [6.45, 7) is 0. The molecule has 0 saturated carbocycles. The molecule has 0 saturated heterocycles. The highest BCUT2D eigenvalue weighted by atomic mass is 35.5. The van der Waals surface area contributed by atoms with E-state index in [2.05, 4.69) is 15.6 Å². The highest BCUT2D eigenvalue weighted by molar-refractivity contribution is 7.15. The lowest BCUT2D eigenvalue weighted by molar-refractivity contribution is 0.0879. The summed E-state index contributed by atoms with van der Waals surface area (Å²) in [5, 5.41) is 6.04. The zero-order valence-electron chi connectivity index (χ0n) is 13.8. The molecule has 3 amide bonds. The van der Waals surface area contributed by atoms with Gasteiger partial charge in [0.05, 0.1) is 11.1 Å². The molecule has 3 aromatic rings. The number of aromatic nitrogens is 1. The first-order valence-corrected chi connectivity index (χ1v) is 9.20. The number of thiazole rings is 1. The molecule has 0 radical (unpaired) electrons. The minimum Gasteiger partial charge on any atom is -0.298 e. The first-order valence-electron chi connectivity index (χ1n) is 8.00. The second-order valence-corrected chi connectivity index (χ2v) is 7.42. The number of benzene rings is 2. The second-order valence-electron chi connectivity index (χ2n) is 5.90. The normalized spacial score (nSPS) is 12.6. The fourth-order valence-corrected chi connectivity index (χ4v) is 3.79. The van der Waals surface area contributed by atoms with Gasteiger partial charge in [-0.05, 0) is 29.8 Å². The average molecular weight is 398 g/mol. The summed E-state index contributed by atoms with van der Waals surface area (Å²) in [5.41, 5.74) is 1.73. The highest BCUT2D eigenvalue weighted by Gasteiger charge is 2.27. The molecule has 134 valence electrons. The number of hydrogen-bond acceptors (Lipinski definition) is 5. The summed E-state index contributed by atoms with van der Waals surface area (Å²) in [6, 6.07) is 11.9. The van der Waals surface area contributed by atoms with Crippen molar-refractivity contribution < 1.29 is 14.4 Å². The number of carbonyl (C=O) groups excluding carboxylic acids is 3. The number of halogens is 1. The Morgan fingerprint density at radius 1 is 1.11 bits per heavy atom. The van der Waals surface area contributed by atoms with Crippen molar-refractivity contribution in [2.75, 3.05) is 5.32 Å². The van der Waals surface area contributed by atoms with Gasteiger partial charge >= 0.3 is 0 Å². The van der Waals surface area contributed by atoms with Gasteiger partial charge in [0.2, 0.25) is 0 Å². The third-order valence-corrected chi connectivity index (χ3v) is 5.38. The molecule has 8 heteroatoms. The van der Waals surface area contributed by atoms with Gasteiger partial charge < -0.3 is 0 Å². The Bertz CT molecular complexity index is 1090. The number of hydrogen-bond donors (Lipinski definition) is 2. The number of fused-ring (bicyclic) bond motifs is 1. The molecular weight excluding hydrogens is 386 g/mol. The molecule has 6 nitrogen and oxygen atoms in total. The quantitative estimate of drug-likeness (QED) is 0.659. The Morgan fingerprint density at radius 2 is 1.89 bits per heavy atom. The van der Waals surface area contributed by atoms with Gasteiger partial charge in [0.1, 0.15) is 0 Å².